The molecule has 0 bridgehead atoms. The van der Waals surface area contributed by atoms with Crippen LogP contribution in [0.1, 0.15) is 6.92 Å². The van der Waals surface area contributed by atoms with Crippen LogP contribution in [0.3, 0.4) is 0 Å². The van der Waals surface area contributed by atoms with Crippen molar-refractivity contribution in [2.24, 2.45) is 0 Å². The Morgan fingerprint density at radius 3 is 1.42 bits per heavy atom. The molecule has 0 aromatic rings. The minimum absolute atomic E-state index is 0. The van der Waals surface area contributed by atoms with E-state index < -0.39 is 17.0 Å². The molecule has 0 saturated heterocycles. The first-order chi connectivity index (χ1) is 4.37. The van der Waals surface area contributed by atoms with E-state index in [0.29, 0.717) is 0 Å². The van der Waals surface area contributed by atoms with Crippen LogP contribution < -0.4 is 64.2 Å². The third kappa shape index (κ3) is 43.4. The van der Waals surface area contributed by atoms with E-state index >= 15 is 0 Å². The Morgan fingerprint density at radius 2 is 1.42 bits per heavy atom. The third-order valence-corrected chi connectivity index (χ3v) is 0.348. The summed E-state index contributed by atoms with van der Waals surface area (Å²) in [6.07, 6.45) is 0. The molecule has 0 atom stereocenters. The summed E-state index contributed by atoms with van der Waals surface area (Å²) in [7, 11) is -3.37. The SMILES string of the molecule is C=C(C)C(=O)[O-].O=[SH](=O)[O-].[Na+].[Na+]. The number of hydrogen-bond donors (Lipinski definition) is 1. The van der Waals surface area contributed by atoms with E-state index in [0.717, 1.165) is 0 Å². The van der Waals surface area contributed by atoms with Gasteiger partial charge in [-0.25, -0.2) is 8.42 Å². The molecule has 0 heterocycles. The second-order valence-electron chi connectivity index (χ2n) is 1.29. The number of rotatable bonds is 1. The average Bonchev–Trinajstić information content (AvgIpc) is 1.63. The molecule has 0 aliphatic rings. The van der Waals surface area contributed by atoms with Crippen molar-refractivity contribution in [3.63, 3.8) is 0 Å². The van der Waals surface area contributed by atoms with Crippen LogP contribution in [0.4, 0.5) is 0 Å². The first-order valence-electron chi connectivity index (χ1n) is 2.06. The van der Waals surface area contributed by atoms with Crippen molar-refractivity contribution in [1.29, 1.82) is 0 Å². The summed E-state index contributed by atoms with van der Waals surface area (Å²) in [4.78, 5) is 9.49. The van der Waals surface area contributed by atoms with E-state index in [2.05, 4.69) is 6.58 Å². The molecule has 0 saturated carbocycles. The summed E-state index contributed by atoms with van der Waals surface area (Å²) in [5.41, 5.74) is 0.0648. The number of carboxylic acids is 1. The largest absolute Gasteiger partial charge is 1.00 e. The minimum Gasteiger partial charge on any atom is -0.750 e. The Morgan fingerprint density at radius 1 is 1.33 bits per heavy atom. The van der Waals surface area contributed by atoms with E-state index in [4.69, 9.17) is 13.0 Å². The number of carbonyl (C=O) groups excluding carboxylic acids is 1. The van der Waals surface area contributed by atoms with E-state index in [1.54, 1.807) is 0 Å². The van der Waals surface area contributed by atoms with Crippen molar-refractivity contribution >= 4 is 17.0 Å². The molecular formula is C4H6Na2O5S. The van der Waals surface area contributed by atoms with Crippen LogP contribution in [0.15, 0.2) is 12.2 Å². The van der Waals surface area contributed by atoms with Crippen molar-refractivity contribution in [2.75, 3.05) is 0 Å². The topological polar surface area (TPSA) is 97.3 Å². The molecule has 0 aliphatic carbocycles. The van der Waals surface area contributed by atoms with Crippen LogP contribution >= 0.6 is 0 Å². The molecule has 8 heteroatoms. The summed E-state index contributed by atoms with van der Waals surface area (Å²) in [6.45, 7) is 4.48. The van der Waals surface area contributed by atoms with Crippen LogP contribution in [0, 0.1) is 0 Å². The zero-order valence-corrected chi connectivity index (χ0v) is 12.1. The molecular weight excluding hydrogens is 206 g/mol. The van der Waals surface area contributed by atoms with Gasteiger partial charge in [-0.05, 0) is 12.5 Å². The molecule has 0 radical (unpaired) electrons. The smallest absolute Gasteiger partial charge is 0.750 e. The summed E-state index contributed by atoms with van der Waals surface area (Å²) < 4.78 is 25.4. The molecule has 0 N–H and O–H groups in total. The van der Waals surface area contributed by atoms with Gasteiger partial charge in [0, 0.05) is 0 Å². The summed E-state index contributed by atoms with van der Waals surface area (Å²) in [6, 6.07) is 0. The predicted octanol–water partition coefficient (Wildman–Crippen LogP) is -7.95. The van der Waals surface area contributed by atoms with Gasteiger partial charge in [0.15, 0.2) is 0 Å². The Balaban J connectivity index is -0.0000000483. The van der Waals surface area contributed by atoms with Crippen LogP contribution in [-0.4, -0.2) is 18.9 Å². The number of aliphatic carboxylic acids is 1. The second-order valence-corrected chi connectivity index (χ2v) is 1.74. The van der Waals surface area contributed by atoms with E-state index in [1.807, 2.05) is 0 Å². The molecule has 0 aliphatic heterocycles. The number of carboxylic acid groups (broad SMARTS) is 1. The third-order valence-electron chi connectivity index (χ3n) is 0.348. The molecule has 0 spiro atoms. The predicted molar refractivity (Wildman–Crippen MR) is 30.9 cm³/mol. The van der Waals surface area contributed by atoms with Gasteiger partial charge < -0.3 is 14.5 Å². The van der Waals surface area contributed by atoms with Gasteiger partial charge in [-0.3, -0.25) is 0 Å². The van der Waals surface area contributed by atoms with Gasteiger partial charge in [-0.2, -0.15) is 0 Å². The quantitative estimate of drug-likeness (QED) is 0.201. The zero-order chi connectivity index (χ0) is 8.73. The standard InChI is InChI=1S/C4H6O2.2Na.H2O3S/c1-3(2)4(5)6;;;1-4(2)3/h1H2,2H3,(H,5,6);;;4H,(H,1,2,3)/q;2*+1;/p-2. The maximum atomic E-state index is 9.49. The van der Waals surface area contributed by atoms with Gasteiger partial charge in [0.05, 0.1) is 17.0 Å². The first kappa shape index (κ1) is 23.2. The average molecular weight is 212 g/mol. The Hall–Kier alpha value is 1.12. The van der Waals surface area contributed by atoms with E-state index in [1.165, 1.54) is 6.92 Å². The number of carbonyl (C=O) groups is 1. The van der Waals surface area contributed by atoms with Crippen LogP contribution in [-0.2, 0) is 15.8 Å². The maximum absolute atomic E-state index is 9.49. The molecule has 12 heavy (non-hydrogen) atoms. The molecule has 5 nitrogen and oxygen atoms in total. The molecule has 0 aromatic carbocycles. The van der Waals surface area contributed by atoms with Crippen molar-refractivity contribution < 1.29 is 82.0 Å². The monoisotopic (exact) mass is 212 g/mol. The number of thiol groups is 1. The Labute approximate surface area is 117 Å². The maximum Gasteiger partial charge on any atom is 1.00 e. The van der Waals surface area contributed by atoms with Gasteiger partial charge in [0.2, 0.25) is 0 Å². The van der Waals surface area contributed by atoms with Crippen molar-refractivity contribution in [3.05, 3.63) is 12.2 Å². The zero-order valence-electron chi connectivity index (χ0n) is 7.20. The molecule has 0 aromatic heterocycles. The molecule has 60 valence electrons. The van der Waals surface area contributed by atoms with Crippen molar-refractivity contribution in [1.82, 2.24) is 0 Å². The minimum atomic E-state index is -3.37. The van der Waals surface area contributed by atoms with Gasteiger partial charge in [0.25, 0.3) is 0 Å². The Bertz CT molecular complexity index is 180. The summed E-state index contributed by atoms with van der Waals surface area (Å²) >= 11 is 0. The van der Waals surface area contributed by atoms with Crippen molar-refractivity contribution in [2.45, 2.75) is 6.92 Å². The van der Waals surface area contributed by atoms with Crippen LogP contribution in [0.5, 0.6) is 0 Å². The second kappa shape index (κ2) is 14.6. The summed E-state index contributed by atoms with van der Waals surface area (Å²) in [5, 5.41) is 9.49. The first-order valence-corrected chi connectivity index (χ1v) is 3.15. The van der Waals surface area contributed by atoms with E-state index in [9.17, 15) is 9.90 Å². The fourth-order valence-corrected chi connectivity index (χ4v) is 0. The van der Waals surface area contributed by atoms with Crippen LogP contribution in [0.2, 0.25) is 0 Å². The molecule has 0 unspecified atom stereocenters. The van der Waals surface area contributed by atoms with Gasteiger partial charge in [0.1, 0.15) is 0 Å². The van der Waals surface area contributed by atoms with Gasteiger partial charge in [-0.15, -0.1) is 0 Å². The molecule has 0 rings (SSSR count). The van der Waals surface area contributed by atoms with Gasteiger partial charge >= 0.3 is 59.1 Å². The number of hydrogen-bond acceptors (Lipinski definition) is 5. The Kier molecular flexibility index (Phi) is 28.3. The summed E-state index contributed by atoms with van der Waals surface area (Å²) in [5.74, 6) is -1.19. The fourth-order valence-electron chi connectivity index (χ4n) is 0. The van der Waals surface area contributed by atoms with Gasteiger partial charge in [-0.1, -0.05) is 6.58 Å². The molecule has 0 fully saturated rings. The molecule has 0 amide bonds. The van der Waals surface area contributed by atoms with Crippen LogP contribution in [0.25, 0.3) is 0 Å². The fraction of sp³-hybridized carbons (Fsp3) is 0.250. The van der Waals surface area contributed by atoms with Crippen molar-refractivity contribution in [3.8, 4) is 0 Å². The normalized spacial score (nSPS) is 6.58. The van der Waals surface area contributed by atoms with E-state index in [-0.39, 0.29) is 64.7 Å².